The van der Waals surface area contributed by atoms with Gasteiger partial charge in [-0.1, -0.05) is 42.5 Å². The number of nitrogens with zero attached hydrogens (tertiary/aromatic N) is 1. The van der Waals surface area contributed by atoms with Gasteiger partial charge in [-0.3, -0.25) is 4.90 Å². The monoisotopic (exact) mass is 315 g/mol. The van der Waals surface area contributed by atoms with Crippen LogP contribution in [0.3, 0.4) is 0 Å². The molecule has 3 nitrogen and oxygen atoms in total. The van der Waals surface area contributed by atoms with Gasteiger partial charge in [0, 0.05) is 19.6 Å². The molecule has 3 rings (SSSR count). The predicted molar refractivity (Wildman–Crippen MR) is 87.7 cm³/mol. The van der Waals surface area contributed by atoms with Gasteiger partial charge in [0.1, 0.15) is 5.82 Å². The van der Waals surface area contributed by atoms with Crippen molar-refractivity contribution in [1.29, 1.82) is 0 Å². The number of aliphatic hydroxyl groups is 1. The topological polar surface area (TPSA) is 32.7 Å². The predicted octanol–water partition coefficient (Wildman–Crippen LogP) is 2.80. The number of benzene rings is 2. The second-order valence-electron chi connectivity index (χ2n) is 6.01. The second kappa shape index (κ2) is 7.68. The number of rotatable bonds is 5. The third kappa shape index (κ3) is 4.61. The summed E-state index contributed by atoms with van der Waals surface area (Å²) in [4.78, 5) is 2.21. The maximum absolute atomic E-state index is 13.0. The van der Waals surface area contributed by atoms with Crippen LogP contribution in [0.15, 0.2) is 54.6 Å². The molecule has 1 saturated heterocycles. The van der Waals surface area contributed by atoms with Crippen molar-refractivity contribution in [2.45, 2.75) is 18.6 Å². The maximum Gasteiger partial charge on any atom is 0.123 e. The normalized spacial score (nSPS) is 20.3. The molecule has 1 aliphatic rings. The highest BCUT2D eigenvalue weighted by Gasteiger charge is 2.23. The van der Waals surface area contributed by atoms with Gasteiger partial charge in [-0.2, -0.15) is 0 Å². The summed E-state index contributed by atoms with van der Waals surface area (Å²) in [6.45, 7) is 2.82. The highest BCUT2D eigenvalue weighted by molar-refractivity contribution is 5.19. The second-order valence-corrected chi connectivity index (χ2v) is 6.01. The Labute approximate surface area is 136 Å². The van der Waals surface area contributed by atoms with E-state index in [2.05, 4.69) is 17.0 Å². The molecule has 0 saturated carbocycles. The van der Waals surface area contributed by atoms with Crippen LogP contribution in [0.1, 0.15) is 17.2 Å². The first-order valence-corrected chi connectivity index (χ1v) is 8.02. The zero-order valence-corrected chi connectivity index (χ0v) is 13.1. The Balaban J connectivity index is 1.55. The van der Waals surface area contributed by atoms with E-state index in [1.54, 1.807) is 12.1 Å². The summed E-state index contributed by atoms with van der Waals surface area (Å²) >= 11 is 0. The van der Waals surface area contributed by atoms with Crippen molar-refractivity contribution < 1.29 is 14.2 Å². The molecule has 0 spiro atoms. The van der Waals surface area contributed by atoms with E-state index in [1.807, 2.05) is 18.2 Å². The average molecular weight is 315 g/mol. The van der Waals surface area contributed by atoms with Crippen LogP contribution in [-0.2, 0) is 11.2 Å². The number of aliphatic hydroxyl groups excluding tert-OH is 1. The first-order valence-electron chi connectivity index (χ1n) is 8.02. The minimum atomic E-state index is -0.605. The number of halogens is 1. The van der Waals surface area contributed by atoms with Gasteiger partial charge in [-0.15, -0.1) is 0 Å². The number of ether oxygens (including phenoxy) is 1. The summed E-state index contributed by atoms with van der Waals surface area (Å²) in [5, 5.41) is 10.3. The Morgan fingerprint density at radius 3 is 2.61 bits per heavy atom. The summed E-state index contributed by atoms with van der Waals surface area (Å²) in [6.07, 6.45) is 0.418. The molecule has 2 aromatic rings. The minimum absolute atomic E-state index is 0.145. The van der Waals surface area contributed by atoms with Gasteiger partial charge >= 0.3 is 0 Å². The van der Waals surface area contributed by atoms with E-state index < -0.39 is 6.10 Å². The minimum Gasteiger partial charge on any atom is -0.387 e. The van der Waals surface area contributed by atoms with Crippen LogP contribution in [-0.4, -0.2) is 42.4 Å². The van der Waals surface area contributed by atoms with Gasteiger partial charge in [0.05, 0.1) is 18.8 Å². The third-order valence-electron chi connectivity index (χ3n) is 4.22. The Hall–Kier alpha value is -1.75. The first-order chi connectivity index (χ1) is 11.2. The molecule has 1 fully saturated rings. The Bertz CT molecular complexity index is 603. The molecule has 2 atom stereocenters. The molecule has 23 heavy (non-hydrogen) atoms. The summed E-state index contributed by atoms with van der Waals surface area (Å²) in [6, 6.07) is 16.3. The lowest BCUT2D eigenvalue weighted by Gasteiger charge is -2.34. The Kier molecular flexibility index (Phi) is 5.39. The summed E-state index contributed by atoms with van der Waals surface area (Å²) in [5.74, 6) is -0.282. The lowest BCUT2D eigenvalue weighted by molar-refractivity contribution is -0.0400. The van der Waals surface area contributed by atoms with Crippen molar-refractivity contribution in [2.75, 3.05) is 26.2 Å². The highest BCUT2D eigenvalue weighted by atomic mass is 19.1. The molecule has 2 unspecified atom stereocenters. The van der Waals surface area contributed by atoms with Gasteiger partial charge in [0.25, 0.3) is 0 Å². The molecule has 0 radical (unpaired) electrons. The molecule has 0 aliphatic carbocycles. The highest BCUT2D eigenvalue weighted by Crippen LogP contribution is 2.18. The Morgan fingerprint density at radius 2 is 1.87 bits per heavy atom. The first kappa shape index (κ1) is 16.1. The SMILES string of the molecule is OC(CN1CCOC(Cc2ccccc2)C1)c1ccc(F)cc1. The average Bonchev–Trinajstić information content (AvgIpc) is 2.57. The van der Waals surface area contributed by atoms with Crippen LogP contribution in [0.4, 0.5) is 4.39 Å². The molecule has 0 amide bonds. The van der Waals surface area contributed by atoms with E-state index in [4.69, 9.17) is 4.74 Å². The fourth-order valence-corrected chi connectivity index (χ4v) is 2.98. The van der Waals surface area contributed by atoms with Gasteiger partial charge in [0.15, 0.2) is 0 Å². The fourth-order valence-electron chi connectivity index (χ4n) is 2.98. The van der Waals surface area contributed by atoms with Gasteiger partial charge < -0.3 is 9.84 Å². The lowest BCUT2D eigenvalue weighted by Crippen LogP contribution is -2.44. The number of hydrogen-bond donors (Lipinski definition) is 1. The van der Waals surface area contributed by atoms with E-state index in [1.165, 1.54) is 17.7 Å². The van der Waals surface area contributed by atoms with Crippen LogP contribution < -0.4 is 0 Å². The van der Waals surface area contributed by atoms with E-state index in [9.17, 15) is 9.50 Å². The maximum atomic E-state index is 13.0. The molecular weight excluding hydrogens is 293 g/mol. The van der Waals surface area contributed by atoms with Crippen molar-refractivity contribution >= 4 is 0 Å². The molecule has 4 heteroatoms. The summed E-state index contributed by atoms with van der Waals surface area (Å²) < 4.78 is 18.8. The van der Waals surface area contributed by atoms with Crippen molar-refractivity contribution in [2.24, 2.45) is 0 Å². The molecule has 0 bridgehead atoms. The zero-order chi connectivity index (χ0) is 16.1. The molecule has 122 valence electrons. The standard InChI is InChI=1S/C19H22FNO2/c20-17-8-6-16(7-9-17)19(22)14-21-10-11-23-18(13-21)12-15-4-2-1-3-5-15/h1-9,18-19,22H,10-14H2. The van der Waals surface area contributed by atoms with E-state index in [-0.39, 0.29) is 11.9 Å². The quantitative estimate of drug-likeness (QED) is 0.921. The van der Waals surface area contributed by atoms with Gasteiger partial charge in [0.2, 0.25) is 0 Å². The number of β-amino-alcohol motifs (C(OH)–C–C–N with tert-alkyl or cyclic N) is 1. The number of hydrogen-bond acceptors (Lipinski definition) is 3. The van der Waals surface area contributed by atoms with Crippen molar-refractivity contribution in [3.05, 3.63) is 71.5 Å². The van der Waals surface area contributed by atoms with E-state index in [0.29, 0.717) is 13.2 Å². The molecule has 1 N–H and O–H groups in total. The van der Waals surface area contributed by atoms with Crippen LogP contribution in [0.25, 0.3) is 0 Å². The fraction of sp³-hybridized carbons (Fsp3) is 0.368. The molecule has 0 aromatic heterocycles. The van der Waals surface area contributed by atoms with Crippen LogP contribution in [0, 0.1) is 5.82 Å². The van der Waals surface area contributed by atoms with E-state index in [0.717, 1.165) is 25.1 Å². The van der Waals surface area contributed by atoms with Crippen molar-refractivity contribution in [3.63, 3.8) is 0 Å². The summed E-state index contributed by atoms with van der Waals surface area (Å²) in [5.41, 5.74) is 2.01. The zero-order valence-electron chi connectivity index (χ0n) is 13.1. The largest absolute Gasteiger partial charge is 0.387 e. The molecule has 1 aliphatic heterocycles. The third-order valence-corrected chi connectivity index (χ3v) is 4.22. The Morgan fingerprint density at radius 1 is 1.13 bits per heavy atom. The van der Waals surface area contributed by atoms with Gasteiger partial charge in [-0.05, 0) is 29.7 Å². The summed E-state index contributed by atoms with van der Waals surface area (Å²) in [7, 11) is 0. The number of morpholine rings is 1. The van der Waals surface area contributed by atoms with Crippen LogP contribution >= 0.6 is 0 Å². The molecule has 2 aromatic carbocycles. The van der Waals surface area contributed by atoms with Crippen molar-refractivity contribution in [3.8, 4) is 0 Å². The smallest absolute Gasteiger partial charge is 0.123 e. The molecule has 1 heterocycles. The van der Waals surface area contributed by atoms with Crippen LogP contribution in [0.5, 0.6) is 0 Å². The molecular formula is C19H22FNO2. The van der Waals surface area contributed by atoms with E-state index >= 15 is 0 Å². The van der Waals surface area contributed by atoms with Gasteiger partial charge in [-0.25, -0.2) is 4.39 Å². The van der Waals surface area contributed by atoms with Crippen molar-refractivity contribution in [1.82, 2.24) is 4.90 Å². The lowest BCUT2D eigenvalue weighted by atomic mass is 10.1. The van der Waals surface area contributed by atoms with Crippen LogP contribution in [0.2, 0.25) is 0 Å².